The minimum absolute atomic E-state index is 0.0124. The fourth-order valence-electron chi connectivity index (χ4n) is 2.87. The predicted molar refractivity (Wildman–Crippen MR) is 120 cm³/mol. The standard InChI is InChI=1S/C24H25NO8/c1-14-18(32-20(26)12-25-23(28)33-24(2,3)4)11-10-17-21(27)19(13-30-22(14)17)31-16-8-6-15(29-5)7-9-16/h6-11,13H,12H2,1-5H3,(H,25,28). The lowest BCUT2D eigenvalue weighted by atomic mass is 10.1. The maximum absolute atomic E-state index is 12.9. The molecule has 3 rings (SSSR count). The molecule has 0 spiro atoms. The summed E-state index contributed by atoms with van der Waals surface area (Å²) >= 11 is 0. The third-order valence-corrected chi connectivity index (χ3v) is 4.40. The van der Waals surface area contributed by atoms with Crippen LogP contribution in [0.25, 0.3) is 11.0 Å². The first-order valence-electron chi connectivity index (χ1n) is 10.1. The average molecular weight is 455 g/mol. The molecular weight excluding hydrogens is 430 g/mol. The summed E-state index contributed by atoms with van der Waals surface area (Å²) in [6.45, 7) is 6.41. The lowest BCUT2D eigenvalue weighted by Gasteiger charge is -2.19. The number of benzene rings is 2. The van der Waals surface area contributed by atoms with Crippen LogP contribution in [0.1, 0.15) is 26.3 Å². The third kappa shape index (κ3) is 6.03. The van der Waals surface area contributed by atoms with Crippen molar-refractivity contribution in [2.75, 3.05) is 13.7 Å². The van der Waals surface area contributed by atoms with Gasteiger partial charge in [-0.3, -0.25) is 4.79 Å². The van der Waals surface area contributed by atoms with Crippen molar-refractivity contribution in [2.45, 2.75) is 33.3 Å². The number of hydrogen-bond acceptors (Lipinski definition) is 8. The lowest BCUT2D eigenvalue weighted by molar-refractivity contribution is -0.133. The van der Waals surface area contributed by atoms with Gasteiger partial charge in [-0.1, -0.05) is 0 Å². The highest BCUT2D eigenvalue weighted by molar-refractivity contribution is 5.85. The van der Waals surface area contributed by atoms with Gasteiger partial charge in [0.15, 0.2) is 0 Å². The SMILES string of the molecule is COc1ccc(Oc2coc3c(C)c(OC(=O)CNC(=O)OC(C)(C)C)ccc3c2=O)cc1. The molecule has 0 bridgehead atoms. The second-order valence-corrected chi connectivity index (χ2v) is 8.10. The van der Waals surface area contributed by atoms with E-state index in [4.69, 9.17) is 23.4 Å². The zero-order valence-corrected chi connectivity index (χ0v) is 19.0. The second-order valence-electron chi connectivity index (χ2n) is 8.10. The van der Waals surface area contributed by atoms with E-state index in [0.717, 1.165) is 0 Å². The van der Waals surface area contributed by atoms with Crippen molar-refractivity contribution in [3.8, 4) is 23.0 Å². The molecule has 0 fully saturated rings. The molecule has 33 heavy (non-hydrogen) atoms. The Morgan fingerprint density at radius 3 is 2.30 bits per heavy atom. The summed E-state index contributed by atoms with van der Waals surface area (Å²) in [4.78, 5) is 36.7. The first kappa shape index (κ1) is 23.6. The number of esters is 1. The summed E-state index contributed by atoms with van der Waals surface area (Å²) in [6.07, 6.45) is 0.474. The minimum atomic E-state index is -0.731. The van der Waals surface area contributed by atoms with Crippen LogP contribution in [0.2, 0.25) is 0 Å². The van der Waals surface area contributed by atoms with Crippen molar-refractivity contribution in [3.63, 3.8) is 0 Å². The van der Waals surface area contributed by atoms with E-state index in [1.54, 1.807) is 59.1 Å². The van der Waals surface area contributed by atoms with Crippen molar-refractivity contribution in [1.82, 2.24) is 5.32 Å². The molecule has 9 heteroatoms. The van der Waals surface area contributed by atoms with E-state index in [0.29, 0.717) is 17.1 Å². The number of carbonyl (C=O) groups is 2. The zero-order valence-electron chi connectivity index (χ0n) is 19.0. The van der Waals surface area contributed by atoms with Crippen LogP contribution < -0.4 is 25.0 Å². The van der Waals surface area contributed by atoms with E-state index in [9.17, 15) is 14.4 Å². The lowest BCUT2D eigenvalue weighted by Crippen LogP contribution is -2.36. The highest BCUT2D eigenvalue weighted by Gasteiger charge is 2.19. The summed E-state index contributed by atoms with van der Waals surface area (Å²) in [5.41, 5.74) is -0.352. The van der Waals surface area contributed by atoms with Gasteiger partial charge >= 0.3 is 12.1 Å². The highest BCUT2D eigenvalue weighted by Crippen LogP contribution is 2.29. The van der Waals surface area contributed by atoms with Crippen molar-refractivity contribution in [3.05, 3.63) is 58.4 Å². The molecule has 2 aromatic carbocycles. The minimum Gasteiger partial charge on any atom is -0.497 e. The van der Waals surface area contributed by atoms with Gasteiger partial charge in [0.1, 0.15) is 41.2 Å². The summed E-state index contributed by atoms with van der Waals surface area (Å²) in [7, 11) is 1.55. The number of hydrogen-bond donors (Lipinski definition) is 1. The normalized spacial score (nSPS) is 11.1. The van der Waals surface area contributed by atoms with Crippen LogP contribution in [-0.2, 0) is 9.53 Å². The van der Waals surface area contributed by atoms with E-state index < -0.39 is 17.7 Å². The molecule has 174 valence electrons. The van der Waals surface area contributed by atoms with Gasteiger partial charge in [0.25, 0.3) is 0 Å². The molecule has 0 aliphatic rings. The van der Waals surface area contributed by atoms with Gasteiger partial charge < -0.3 is 28.7 Å². The number of ether oxygens (including phenoxy) is 4. The van der Waals surface area contributed by atoms with Gasteiger partial charge in [0.05, 0.1) is 12.5 Å². The summed E-state index contributed by atoms with van der Waals surface area (Å²) in [6, 6.07) is 9.72. The molecule has 0 saturated heterocycles. The van der Waals surface area contributed by atoms with Crippen LogP contribution in [-0.4, -0.2) is 31.3 Å². The maximum atomic E-state index is 12.9. The molecule has 0 unspecified atom stereocenters. The molecule has 1 N–H and O–H groups in total. The van der Waals surface area contributed by atoms with Crippen molar-refractivity contribution < 1.29 is 33.0 Å². The van der Waals surface area contributed by atoms with E-state index in [1.807, 2.05) is 0 Å². The maximum Gasteiger partial charge on any atom is 0.408 e. The fourth-order valence-corrected chi connectivity index (χ4v) is 2.87. The van der Waals surface area contributed by atoms with Gasteiger partial charge in [-0.15, -0.1) is 0 Å². The Bertz CT molecular complexity index is 1220. The topological polar surface area (TPSA) is 113 Å². The van der Waals surface area contributed by atoms with Gasteiger partial charge in [-0.05, 0) is 64.1 Å². The monoisotopic (exact) mass is 455 g/mol. The van der Waals surface area contributed by atoms with Crippen molar-refractivity contribution >= 4 is 23.0 Å². The van der Waals surface area contributed by atoms with Gasteiger partial charge in [-0.25, -0.2) is 9.59 Å². The molecule has 0 saturated carbocycles. The predicted octanol–water partition coefficient (Wildman–Crippen LogP) is 4.33. The Morgan fingerprint density at radius 2 is 1.67 bits per heavy atom. The average Bonchev–Trinajstić information content (AvgIpc) is 2.75. The Kier molecular flexibility index (Phi) is 6.91. The van der Waals surface area contributed by atoms with Crippen LogP contribution in [0, 0.1) is 6.92 Å². The molecule has 0 aliphatic carbocycles. The van der Waals surface area contributed by atoms with Gasteiger partial charge in [0.2, 0.25) is 11.2 Å². The van der Waals surface area contributed by atoms with Crippen molar-refractivity contribution in [2.24, 2.45) is 0 Å². The fraction of sp³-hybridized carbons (Fsp3) is 0.292. The van der Waals surface area contributed by atoms with Crippen LogP contribution in [0.15, 0.2) is 51.9 Å². The summed E-state index contributed by atoms with van der Waals surface area (Å²) in [5, 5.41) is 2.60. The van der Waals surface area contributed by atoms with E-state index >= 15 is 0 Å². The molecule has 1 amide bonds. The Balaban J connectivity index is 1.73. The number of methoxy groups -OCH3 is 1. The Hall–Kier alpha value is -4.01. The number of aryl methyl sites for hydroxylation is 1. The molecule has 1 heterocycles. The highest BCUT2D eigenvalue weighted by atomic mass is 16.6. The van der Waals surface area contributed by atoms with Crippen LogP contribution in [0.3, 0.4) is 0 Å². The van der Waals surface area contributed by atoms with Gasteiger partial charge in [-0.2, -0.15) is 0 Å². The number of amides is 1. The molecule has 0 atom stereocenters. The van der Waals surface area contributed by atoms with E-state index in [1.165, 1.54) is 18.4 Å². The number of fused-ring (bicyclic) bond motifs is 1. The first-order valence-corrected chi connectivity index (χ1v) is 10.1. The molecular formula is C24H25NO8. The van der Waals surface area contributed by atoms with Crippen LogP contribution in [0.5, 0.6) is 23.0 Å². The molecule has 0 aliphatic heterocycles. The quantitative estimate of drug-likeness (QED) is 0.432. The van der Waals surface area contributed by atoms with E-state index in [-0.39, 0.29) is 34.4 Å². The van der Waals surface area contributed by atoms with Crippen LogP contribution >= 0.6 is 0 Å². The number of nitrogens with one attached hydrogen (secondary N) is 1. The van der Waals surface area contributed by atoms with Crippen molar-refractivity contribution in [1.29, 1.82) is 0 Å². The molecule has 1 aromatic heterocycles. The first-order chi connectivity index (χ1) is 15.6. The number of carbonyl (C=O) groups excluding carboxylic acids is 2. The second kappa shape index (κ2) is 9.64. The summed E-state index contributed by atoms with van der Waals surface area (Å²) < 4.78 is 26.7. The molecule has 9 nitrogen and oxygen atoms in total. The van der Waals surface area contributed by atoms with Crippen LogP contribution in [0.4, 0.5) is 4.79 Å². The number of alkyl carbamates (subject to hydrolysis) is 1. The van der Waals surface area contributed by atoms with Gasteiger partial charge in [0, 0.05) is 5.56 Å². The third-order valence-electron chi connectivity index (χ3n) is 4.40. The molecule has 3 aromatic rings. The Morgan fingerprint density at radius 1 is 1.00 bits per heavy atom. The number of rotatable bonds is 6. The Labute approximate surface area is 190 Å². The zero-order chi connectivity index (χ0) is 24.2. The summed E-state index contributed by atoms with van der Waals surface area (Å²) in [5.74, 6) is 0.614. The molecule has 0 radical (unpaired) electrons. The smallest absolute Gasteiger partial charge is 0.408 e. The van der Waals surface area contributed by atoms with E-state index in [2.05, 4.69) is 5.32 Å². The largest absolute Gasteiger partial charge is 0.497 e.